The van der Waals surface area contributed by atoms with Crippen molar-refractivity contribution in [2.75, 3.05) is 19.6 Å². The summed E-state index contributed by atoms with van der Waals surface area (Å²) in [5, 5.41) is 7.64. The minimum Gasteiger partial charge on any atom is -0.468 e. The van der Waals surface area contributed by atoms with Gasteiger partial charge in [-0.2, -0.15) is 0 Å². The van der Waals surface area contributed by atoms with E-state index < -0.39 is 0 Å². The first-order valence-electron chi connectivity index (χ1n) is 27.8. The van der Waals surface area contributed by atoms with E-state index in [-0.39, 0.29) is 6.71 Å². The second-order valence-corrected chi connectivity index (χ2v) is 21.4. The van der Waals surface area contributed by atoms with Crippen molar-refractivity contribution in [3.8, 4) is 0 Å². The molecule has 0 bridgehead atoms. The quantitative estimate of drug-likeness (QED) is 0.141. The Bertz CT molecular complexity index is 4670. The third kappa shape index (κ3) is 7.95. The van der Waals surface area contributed by atoms with Crippen LogP contribution in [0, 0.1) is 13.8 Å². The molecule has 2 aliphatic heterocycles. The van der Waals surface area contributed by atoms with Crippen molar-refractivity contribution in [3.05, 3.63) is 295 Å². The second-order valence-electron chi connectivity index (χ2n) is 21.0. The molecule has 0 saturated heterocycles. The van der Waals surface area contributed by atoms with E-state index in [9.17, 15) is 0 Å². The maximum absolute atomic E-state index is 7.45. The van der Waals surface area contributed by atoms with E-state index in [1.54, 1.807) is 0 Å². The Morgan fingerprint density at radius 2 is 0.854 bits per heavy atom. The Morgan fingerprint density at radius 3 is 1.46 bits per heavy atom. The van der Waals surface area contributed by atoms with Crippen LogP contribution in [0.4, 0.5) is 68.2 Å². The number of anilines is 12. The summed E-state index contributed by atoms with van der Waals surface area (Å²) in [6, 6.07) is 95.7. The molecule has 16 rings (SSSR count). The molecule has 390 valence electrons. The van der Waals surface area contributed by atoms with Crippen molar-refractivity contribution >= 4 is 147 Å². The van der Waals surface area contributed by atoms with Crippen LogP contribution in [0.25, 0.3) is 43.5 Å². The van der Waals surface area contributed by atoms with Crippen LogP contribution in [0.5, 0.6) is 0 Å². The van der Waals surface area contributed by atoms with Gasteiger partial charge in [0, 0.05) is 45.5 Å². The van der Waals surface area contributed by atoms with Crippen LogP contribution in [0.2, 0.25) is 5.02 Å². The fraction of sp³-hybridized carbons (Fsp3) is 0.0270. The minimum absolute atomic E-state index is 0.0297. The molecule has 0 aliphatic carbocycles. The molecule has 12 aromatic carbocycles. The normalized spacial score (nSPS) is 12.3. The molecule has 0 unspecified atom stereocenters. The number of nitrogens with zero attached hydrogens (tertiary/aromatic N) is 4. The summed E-state index contributed by atoms with van der Waals surface area (Å²) in [5.41, 5.74) is 20.3. The second kappa shape index (κ2) is 20.2. The van der Waals surface area contributed by atoms with Crippen molar-refractivity contribution < 1.29 is 8.83 Å². The van der Waals surface area contributed by atoms with Crippen LogP contribution in [-0.2, 0) is 0 Å². The highest BCUT2D eigenvalue weighted by molar-refractivity contribution is 7.00. The zero-order chi connectivity index (χ0) is 54.8. The Hall–Kier alpha value is -10.2. The van der Waals surface area contributed by atoms with E-state index in [1.165, 1.54) is 49.5 Å². The van der Waals surface area contributed by atoms with E-state index >= 15 is 0 Å². The first-order valence-corrected chi connectivity index (χ1v) is 28.2. The van der Waals surface area contributed by atoms with Crippen LogP contribution in [-0.4, -0.2) is 6.71 Å². The molecule has 0 radical (unpaired) electrons. The summed E-state index contributed by atoms with van der Waals surface area (Å²) < 4.78 is 13.3. The third-order valence-electron chi connectivity index (χ3n) is 16.2. The van der Waals surface area contributed by atoms with Gasteiger partial charge < -0.3 is 28.4 Å². The molecule has 0 amide bonds. The Balaban J connectivity index is 0.000000140. The summed E-state index contributed by atoms with van der Waals surface area (Å²) in [7, 11) is 0. The molecule has 14 aromatic rings. The van der Waals surface area contributed by atoms with Gasteiger partial charge in [0.2, 0.25) is 0 Å². The van der Waals surface area contributed by atoms with E-state index in [2.05, 4.69) is 252 Å². The van der Waals surface area contributed by atoms with Crippen LogP contribution < -0.4 is 36.2 Å². The number of fused-ring (bicyclic) bond motifs is 11. The molecule has 0 atom stereocenters. The number of aryl methyl sites for hydroxylation is 2. The predicted molar refractivity (Wildman–Crippen MR) is 345 cm³/mol. The van der Waals surface area contributed by atoms with Gasteiger partial charge in [-0.15, -0.1) is 0 Å². The van der Waals surface area contributed by atoms with Crippen LogP contribution >= 0.6 is 11.6 Å². The minimum atomic E-state index is -0.0297. The van der Waals surface area contributed by atoms with Gasteiger partial charge in [0.1, 0.15) is 17.4 Å². The van der Waals surface area contributed by atoms with E-state index in [0.29, 0.717) is 5.02 Å². The Labute approximate surface area is 481 Å². The first-order chi connectivity index (χ1) is 40.5. The van der Waals surface area contributed by atoms with Gasteiger partial charge >= 0.3 is 0 Å². The van der Waals surface area contributed by atoms with Crippen molar-refractivity contribution in [1.82, 2.24) is 0 Å². The standard InChI is InChI=1S/C37H25BN2O.C37H27ClN2O/c1-24-23-25-13-8-9-18-28(25)33-35-37(41-36(24)33)38-29-19-10-11-20-30(29)39(26-14-4-2-5-15-26)31-21-12-22-32(34(31)38)40(35)27-16-6-3-7-17-27;1-26-24-27-14-11-12-21-31(27)35-34(25-41-37(26)35)40(30-19-9-4-10-20-30)33-23-13-22-32(36(33)38)39(28-15-5-2-6-16-28)29-17-7-3-8-18-29/h2-23H,1H3;2-25H,1H3. The van der Waals surface area contributed by atoms with Gasteiger partial charge in [-0.1, -0.05) is 181 Å². The third-order valence-corrected chi connectivity index (χ3v) is 16.5. The van der Waals surface area contributed by atoms with E-state index in [1.807, 2.05) is 60.9 Å². The van der Waals surface area contributed by atoms with Gasteiger partial charge in [-0.25, -0.2) is 0 Å². The molecule has 8 heteroatoms. The predicted octanol–water partition coefficient (Wildman–Crippen LogP) is 19.5. The number of hydrogen-bond acceptors (Lipinski definition) is 6. The largest absolute Gasteiger partial charge is 0.468 e. The topological polar surface area (TPSA) is 39.2 Å². The number of hydrogen-bond donors (Lipinski definition) is 0. The SMILES string of the molecule is Cc1cc2ccccc2c2c(N(c3ccccc3)c3cccc(N(c4ccccc4)c4ccccc4)c3Cl)coc12.Cc1cc2ccccc2c2c3c(oc12)B1c2ccccc2N(c2ccccc2)c2cccc(c21)N3c1ccccc1. The molecule has 4 heterocycles. The van der Waals surface area contributed by atoms with Crippen molar-refractivity contribution in [2.45, 2.75) is 13.8 Å². The fourth-order valence-corrected chi connectivity index (χ4v) is 13.0. The lowest BCUT2D eigenvalue weighted by Gasteiger charge is -2.42. The zero-order valence-electron chi connectivity index (χ0n) is 45.1. The van der Waals surface area contributed by atoms with Gasteiger partial charge in [0.25, 0.3) is 6.71 Å². The lowest BCUT2D eigenvalue weighted by Crippen LogP contribution is -2.60. The molecule has 6 nitrogen and oxygen atoms in total. The first kappa shape index (κ1) is 48.9. The average Bonchev–Trinajstić information content (AvgIpc) is 4.26. The van der Waals surface area contributed by atoms with E-state index in [4.69, 9.17) is 20.4 Å². The molecule has 0 N–H and O–H groups in total. The fourth-order valence-electron chi connectivity index (χ4n) is 12.7. The summed E-state index contributed by atoms with van der Waals surface area (Å²) in [4.78, 5) is 9.24. The summed E-state index contributed by atoms with van der Waals surface area (Å²) in [6.07, 6.45) is 1.85. The molecule has 2 aliphatic rings. The van der Waals surface area contributed by atoms with E-state index in [0.717, 1.165) is 89.9 Å². The Morgan fingerprint density at radius 1 is 0.402 bits per heavy atom. The monoisotopic (exact) mass is 1070 g/mol. The summed E-state index contributed by atoms with van der Waals surface area (Å²) in [6.45, 7) is 4.24. The maximum atomic E-state index is 7.45. The highest BCUT2D eigenvalue weighted by Crippen LogP contribution is 2.51. The number of rotatable bonds is 8. The highest BCUT2D eigenvalue weighted by Gasteiger charge is 2.46. The molecular weight excluding hydrogens is 1020 g/mol. The average molecular weight is 1080 g/mol. The molecule has 0 spiro atoms. The van der Waals surface area contributed by atoms with Crippen LogP contribution in [0.1, 0.15) is 11.1 Å². The lowest BCUT2D eigenvalue weighted by molar-refractivity contribution is 0.614. The van der Waals surface area contributed by atoms with Crippen LogP contribution in [0.15, 0.2) is 288 Å². The number of para-hydroxylation sites is 6. The molecule has 0 fully saturated rings. The Kier molecular flexibility index (Phi) is 12.0. The number of halogens is 1. The molecular formula is C74H52BClN4O2. The van der Waals surface area contributed by atoms with Crippen molar-refractivity contribution in [1.29, 1.82) is 0 Å². The highest BCUT2D eigenvalue weighted by atomic mass is 35.5. The molecule has 82 heavy (non-hydrogen) atoms. The van der Waals surface area contributed by atoms with Crippen LogP contribution in [0.3, 0.4) is 0 Å². The lowest BCUT2D eigenvalue weighted by atomic mass is 9.35. The van der Waals surface area contributed by atoms with Gasteiger partial charge in [0.15, 0.2) is 0 Å². The molecule has 2 aromatic heterocycles. The number of furan rings is 2. The summed E-state index contributed by atoms with van der Waals surface area (Å²) >= 11 is 7.45. The van der Waals surface area contributed by atoms with Crippen molar-refractivity contribution in [3.63, 3.8) is 0 Å². The molecule has 0 saturated carbocycles. The van der Waals surface area contributed by atoms with Gasteiger partial charge in [-0.3, -0.25) is 0 Å². The number of benzene rings is 12. The van der Waals surface area contributed by atoms with Gasteiger partial charge in [-0.05, 0) is 161 Å². The van der Waals surface area contributed by atoms with Gasteiger partial charge in [0.05, 0.1) is 44.2 Å². The van der Waals surface area contributed by atoms with Crippen molar-refractivity contribution in [2.24, 2.45) is 0 Å². The zero-order valence-corrected chi connectivity index (χ0v) is 45.9. The summed E-state index contributed by atoms with van der Waals surface area (Å²) in [5.74, 6) is 0. The maximum Gasteiger partial charge on any atom is 0.297 e. The smallest absolute Gasteiger partial charge is 0.297 e.